The van der Waals surface area contributed by atoms with Crippen LogP contribution < -0.4 is 10.6 Å². The Morgan fingerprint density at radius 2 is 1.94 bits per heavy atom. The van der Waals surface area contributed by atoms with E-state index in [1.807, 2.05) is 18.5 Å². The van der Waals surface area contributed by atoms with Crippen LogP contribution in [0.1, 0.15) is 43.9 Å². The van der Waals surface area contributed by atoms with E-state index in [0.717, 1.165) is 68.0 Å². The first-order valence-electron chi connectivity index (χ1n) is 12.5. The summed E-state index contributed by atoms with van der Waals surface area (Å²) in [5.74, 6) is 7.77. The lowest BCUT2D eigenvalue weighted by molar-refractivity contribution is 0.0973. The molecule has 0 unspecified atom stereocenters. The summed E-state index contributed by atoms with van der Waals surface area (Å²) in [5, 5.41) is 8.55. The van der Waals surface area contributed by atoms with E-state index >= 15 is 0 Å². The number of aromatic amines is 1. The lowest BCUT2D eigenvalue weighted by atomic mass is 9.73. The van der Waals surface area contributed by atoms with Gasteiger partial charge in [-0.3, -0.25) is 9.50 Å². The van der Waals surface area contributed by atoms with E-state index in [1.165, 1.54) is 5.56 Å². The zero-order valence-corrected chi connectivity index (χ0v) is 19.9. The molecule has 1 spiro atoms. The zero-order chi connectivity index (χ0) is 23.6. The average molecular weight is 468 g/mol. The first kappa shape index (κ1) is 20.9. The van der Waals surface area contributed by atoms with Gasteiger partial charge in [0, 0.05) is 36.9 Å². The third kappa shape index (κ3) is 3.19. The number of fused-ring (bicyclic) bond motifs is 3. The van der Waals surface area contributed by atoms with Crippen molar-refractivity contribution >= 4 is 22.6 Å². The molecule has 2 aliphatic heterocycles. The maximum atomic E-state index is 6.52. The number of imidazole rings is 1. The summed E-state index contributed by atoms with van der Waals surface area (Å²) in [7, 11) is 0. The summed E-state index contributed by atoms with van der Waals surface area (Å²) in [6, 6.07) is 10.6. The highest BCUT2D eigenvalue weighted by Crippen LogP contribution is 2.47. The predicted molar refractivity (Wildman–Crippen MR) is 134 cm³/mol. The number of H-pyrrole nitrogens is 1. The molecule has 2 atom stereocenters. The van der Waals surface area contributed by atoms with Crippen LogP contribution in [0.5, 0.6) is 0 Å². The van der Waals surface area contributed by atoms with Gasteiger partial charge < -0.3 is 15.4 Å². The largest absolute Gasteiger partial charge is 0.376 e. The van der Waals surface area contributed by atoms with Crippen LogP contribution in [0, 0.1) is 17.3 Å². The molecule has 1 aromatic carbocycles. The molecular weight excluding hydrogens is 438 g/mol. The lowest BCUT2D eigenvalue weighted by Crippen LogP contribution is -2.51. The van der Waals surface area contributed by atoms with Crippen LogP contribution in [0.25, 0.3) is 16.7 Å². The number of benzene rings is 1. The van der Waals surface area contributed by atoms with Crippen molar-refractivity contribution in [3.8, 4) is 11.8 Å². The van der Waals surface area contributed by atoms with E-state index in [0.29, 0.717) is 5.69 Å². The Kier molecular flexibility index (Phi) is 4.51. The van der Waals surface area contributed by atoms with Crippen LogP contribution in [-0.2, 0) is 10.2 Å². The fourth-order valence-electron chi connectivity index (χ4n) is 5.91. The molecule has 2 saturated heterocycles. The van der Waals surface area contributed by atoms with Gasteiger partial charge in [0.05, 0.1) is 23.5 Å². The maximum Gasteiger partial charge on any atom is 0.213 e. The molecule has 0 bridgehead atoms. The predicted octanol–water partition coefficient (Wildman–Crippen LogP) is 3.02. The summed E-state index contributed by atoms with van der Waals surface area (Å²) >= 11 is 0. The lowest BCUT2D eigenvalue weighted by Gasteiger charge is -2.41. The number of nitrogens with zero attached hydrogens (tertiary/aromatic N) is 5. The van der Waals surface area contributed by atoms with E-state index < -0.39 is 0 Å². The minimum Gasteiger partial charge on any atom is -0.376 e. The second-order valence-electron chi connectivity index (χ2n) is 10.4. The Morgan fingerprint density at radius 1 is 1.14 bits per heavy atom. The van der Waals surface area contributed by atoms with Gasteiger partial charge in [0.1, 0.15) is 5.69 Å². The van der Waals surface area contributed by atoms with E-state index in [1.54, 1.807) is 0 Å². The summed E-state index contributed by atoms with van der Waals surface area (Å²) in [5.41, 5.74) is 10.1. The van der Waals surface area contributed by atoms with Gasteiger partial charge >= 0.3 is 0 Å². The minimum atomic E-state index is -0.0579. The number of nitrogens with one attached hydrogen (secondary N) is 1. The Bertz CT molecular complexity index is 1470. The number of piperidine rings is 1. The third-order valence-corrected chi connectivity index (χ3v) is 8.42. The van der Waals surface area contributed by atoms with Crippen LogP contribution in [0.3, 0.4) is 0 Å². The van der Waals surface area contributed by atoms with Gasteiger partial charge in [0.2, 0.25) is 5.95 Å². The summed E-state index contributed by atoms with van der Waals surface area (Å²) in [6.45, 7) is 4.61. The van der Waals surface area contributed by atoms with E-state index in [9.17, 15) is 0 Å². The van der Waals surface area contributed by atoms with Crippen molar-refractivity contribution in [3.63, 3.8) is 0 Å². The van der Waals surface area contributed by atoms with Crippen LogP contribution in [0.4, 0.5) is 5.95 Å². The van der Waals surface area contributed by atoms with Crippen molar-refractivity contribution in [1.82, 2.24) is 24.6 Å². The molecule has 0 radical (unpaired) electrons. The molecule has 7 rings (SSSR count). The smallest absolute Gasteiger partial charge is 0.213 e. The summed E-state index contributed by atoms with van der Waals surface area (Å²) < 4.78 is 7.96. The van der Waals surface area contributed by atoms with Gasteiger partial charge in [-0.1, -0.05) is 36.3 Å². The highest BCUT2D eigenvalue weighted by Gasteiger charge is 2.48. The molecule has 8 heteroatoms. The van der Waals surface area contributed by atoms with Crippen LogP contribution in [0.2, 0.25) is 0 Å². The second kappa shape index (κ2) is 7.54. The number of aromatic nitrogens is 5. The molecule has 5 heterocycles. The number of nitrogens with two attached hydrogens (primary N) is 1. The Morgan fingerprint density at radius 3 is 2.66 bits per heavy atom. The number of hydrogen-bond acceptors (Lipinski definition) is 6. The van der Waals surface area contributed by atoms with Crippen LogP contribution in [-0.4, -0.2) is 56.4 Å². The summed E-state index contributed by atoms with van der Waals surface area (Å²) in [4.78, 5) is 12.0. The van der Waals surface area contributed by atoms with Gasteiger partial charge in [-0.2, -0.15) is 10.1 Å². The topological polar surface area (TPSA) is 97.4 Å². The molecule has 178 valence electrons. The van der Waals surface area contributed by atoms with Gasteiger partial charge in [0.15, 0.2) is 11.3 Å². The van der Waals surface area contributed by atoms with Gasteiger partial charge in [0.25, 0.3) is 0 Å². The molecule has 0 amide bonds. The molecule has 3 aliphatic rings. The second-order valence-corrected chi connectivity index (χ2v) is 10.4. The molecule has 3 aromatic heterocycles. The molecule has 3 fully saturated rings. The number of rotatable bonds is 2. The van der Waals surface area contributed by atoms with Crippen molar-refractivity contribution in [2.24, 2.45) is 11.1 Å². The molecule has 1 aliphatic carbocycles. The van der Waals surface area contributed by atoms with Crippen LogP contribution in [0.15, 0.2) is 42.7 Å². The molecule has 3 N–H and O–H groups in total. The number of ether oxygens (including phenoxy) is 1. The van der Waals surface area contributed by atoms with Crippen molar-refractivity contribution in [2.75, 3.05) is 24.6 Å². The number of hydrogen-bond donors (Lipinski definition) is 2. The van der Waals surface area contributed by atoms with E-state index in [4.69, 9.17) is 15.5 Å². The monoisotopic (exact) mass is 467 g/mol. The van der Waals surface area contributed by atoms with Crippen molar-refractivity contribution in [1.29, 1.82) is 0 Å². The van der Waals surface area contributed by atoms with Gasteiger partial charge in [-0.15, -0.1) is 0 Å². The number of anilines is 1. The van der Waals surface area contributed by atoms with Crippen LogP contribution >= 0.6 is 0 Å². The van der Waals surface area contributed by atoms with E-state index in [2.05, 4.69) is 67.5 Å². The van der Waals surface area contributed by atoms with Crippen molar-refractivity contribution in [3.05, 3.63) is 54.0 Å². The quantitative estimate of drug-likeness (QED) is 0.440. The molecule has 8 nitrogen and oxygen atoms in total. The zero-order valence-electron chi connectivity index (χ0n) is 19.9. The Labute approximate surface area is 203 Å². The third-order valence-electron chi connectivity index (χ3n) is 8.42. The summed E-state index contributed by atoms with van der Waals surface area (Å²) in [6.07, 6.45) is 8.08. The maximum absolute atomic E-state index is 6.52. The normalized spacial score (nSPS) is 24.7. The fraction of sp³-hybridized carbons (Fsp3) is 0.444. The molecular formula is C27H29N7O. The SMILES string of the molecule is C[C@@H]1OCC2(CCN(c3nc4[nH]nc(C#CC5(c6ccccc6)CC5)c4c4nccn34)CC2)[C@@H]1N. The van der Waals surface area contributed by atoms with Gasteiger partial charge in [-0.05, 0) is 44.1 Å². The van der Waals surface area contributed by atoms with Gasteiger partial charge in [-0.25, -0.2) is 4.98 Å². The highest BCUT2D eigenvalue weighted by molar-refractivity contribution is 5.94. The standard InChI is InChI=1S/C27H29N7O/c1-18-22(28)27(17-35-18)11-14-33(15-12-27)25-30-23-21(24-29-13-16-34(24)25)20(31-32-23)7-8-26(9-10-26)19-5-3-2-4-6-19/h2-6,13,16,18,22H,9-12,14-15,17,28H2,1H3,(H,31,32)/t18-,22+/m0/s1. The average Bonchev–Trinajstić information content (AvgIpc) is 3.20. The van der Waals surface area contributed by atoms with E-state index in [-0.39, 0.29) is 23.0 Å². The molecule has 1 saturated carbocycles. The molecule has 35 heavy (non-hydrogen) atoms. The first-order chi connectivity index (χ1) is 17.1. The van der Waals surface area contributed by atoms with Crippen molar-refractivity contribution in [2.45, 2.75) is 50.2 Å². The highest BCUT2D eigenvalue weighted by atomic mass is 16.5. The minimum absolute atomic E-state index is 0.0579. The molecule has 4 aromatic rings. The Balaban J connectivity index is 1.22. The fourth-order valence-corrected chi connectivity index (χ4v) is 5.91. The first-order valence-corrected chi connectivity index (χ1v) is 12.5. The van der Waals surface area contributed by atoms with Crippen molar-refractivity contribution < 1.29 is 4.74 Å². The Hall–Kier alpha value is -3.41.